The number of fused-ring (bicyclic) bond motifs is 1. The third-order valence-corrected chi connectivity index (χ3v) is 4.94. The standard InChI is InChI=1S/C23H20FN3O2/c24-19-5-1-3-16(13-19)6-9-22(28)26-20-7-8-21-17(14-20)10-12-27(21)23(29)18-4-2-11-25-15-18/h1-5,7-8,11,13-15H,6,9-10,12H2,(H,26,28). The van der Waals surface area contributed by atoms with E-state index in [9.17, 15) is 14.0 Å². The molecular weight excluding hydrogens is 369 g/mol. The van der Waals surface area contributed by atoms with E-state index < -0.39 is 0 Å². The lowest BCUT2D eigenvalue weighted by molar-refractivity contribution is -0.116. The van der Waals surface area contributed by atoms with Crippen LogP contribution in [0.5, 0.6) is 0 Å². The second kappa shape index (κ2) is 8.22. The van der Waals surface area contributed by atoms with Crippen molar-refractivity contribution in [1.82, 2.24) is 4.98 Å². The number of carbonyl (C=O) groups is 2. The molecule has 0 saturated heterocycles. The van der Waals surface area contributed by atoms with Crippen LogP contribution in [0.25, 0.3) is 0 Å². The molecular formula is C23H20FN3O2. The molecule has 0 fully saturated rings. The Kier molecular flexibility index (Phi) is 5.33. The normalized spacial score (nSPS) is 12.5. The fourth-order valence-electron chi connectivity index (χ4n) is 3.51. The number of pyridine rings is 1. The van der Waals surface area contributed by atoms with Crippen LogP contribution in [-0.2, 0) is 17.6 Å². The summed E-state index contributed by atoms with van der Waals surface area (Å²) in [5.41, 5.74) is 3.92. The third-order valence-electron chi connectivity index (χ3n) is 4.94. The zero-order chi connectivity index (χ0) is 20.2. The van der Waals surface area contributed by atoms with Crippen LogP contribution in [0.15, 0.2) is 67.0 Å². The van der Waals surface area contributed by atoms with E-state index >= 15 is 0 Å². The summed E-state index contributed by atoms with van der Waals surface area (Å²) in [7, 11) is 0. The van der Waals surface area contributed by atoms with Gasteiger partial charge >= 0.3 is 0 Å². The van der Waals surface area contributed by atoms with E-state index in [1.54, 1.807) is 47.6 Å². The number of benzene rings is 2. The predicted molar refractivity (Wildman–Crippen MR) is 109 cm³/mol. The Morgan fingerprint density at radius 3 is 2.79 bits per heavy atom. The van der Waals surface area contributed by atoms with Gasteiger partial charge in [-0.25, -0.2) is 4.39 Å². The molecule has 1 N–H and O–H groups in total. The van der Waals surface area contributed by atoms with Gasteiger partial charge in [-0.1, -0.05) is 12.1 Å². The molecule has 1 aliphatic heterocycles. The van der Waals surface area contributed by atoms with Gasteiger partial charge in [-0.2, -0.15) is 0 Å². The fraction of sp³-hybridized carbons (Fsp3) is 0.174. The molecule has 2 amide bonds. The first kappa shape index (κ1) is 18.8. The Hall–Kier alpha value is -3.54. The van der Waals surface area contributed by atoms with Crippen molar-refractivity contribution >= 4 is 23.2 Å². The van der Waals surface area contributed by atoms with Gasteiger partial charge < -0.3 is 10.2 Å². The van der Waals surface area contributed by atoms with Gasteiger partial charge in [0.1, 0.15) is 5.82 Å². The van der Waals surface area contributed by atoms with Gasteiger partial charge in [0.05, 0.1) is 5.56 Å². The molecule has 1 aromatic heterocycles. The monoisotopic (exact) mass is 389 g/mol. The van der Waals surface area contributed by atoms with Crippen molar-refractivity contribution in [3.8, 4) is 0 Å². The van der Waals surface area contributed by atoms with E-state index in [0.717, 1.165) is 23.2 Å². The minimum absolute atomic E-state index is 0.0799. The molecule has 0 saturated carbocycles. The quantitative estimate of drug-likeness (QED) is 0.718. The Morgan fingerprint density at radius 1 is 1.10 bits per heavy atom. The fourth-order valence-corrected chi connectivity index (χ4v) is 3.51. The second-order valence-electron chi connectivity index (χ2n) is 6.97. The summed E-state index contributed by atoms with van der Waals surface area (Å²) in [5, 5.41) is 2.89. The Labute approximate surface area is 168 Å². The first-order valence-electron chi connectivity index (χ1n) is 9.49. The molecule has 0 aliphatic carbocycles. The van der Waals surface area contributed by atoms with Crippen LogP contribution in [0.4, 0.5) is 15.8 Å². The highest BCUT2D eigenvalue weighted by Crippen LogP contribution is 2.31. The molecule has 0 bridgehead atoms. The minimum atomic E-state index is -0.299. The highest BCUT2D eigenvalue weighted by Gasteiger charge is 2.26. The van der Waals surface area contributed by atoms with Crippen molar-refractivity contribution < 1.29 is 14.0 Å². The molecule has 0 unspecified atom stereocenters. The third kappa shape index (κ3) is 4.32. The van der Waals surface area contributed by atoms with Gasteiger partial charge in [0, 0.05) is 36.7 Å². The average molecular weight is 389 g/mol. The van der Waals surface area contributed by atoms with E-state index in [4.69, 9.17) is 0 Å². The molecule has 5 nitrogen and oxygen atoms in total. The van der Waals surface area contributed by atoms with Gasteiger partial charge in [0.2, 0.25) is 5.91 Å². The van der Waals surface area contributed by atoms with Crippen LogP contribution in [0.3, 0.4) is 0 Å². The van der Waals surface area contributed by atoms with Crippen molar-refractivity contribution in [3.05, 3.63) is 89.5 Å². The summed E-state index contributed by atoms with van der Waals surface area (Å²) in [4.78, 5) is 30.7. The van der Waals surface area contributed by atoms with Gasteiger partial charge in [-0.05, 0) is 66.4 Å². The number of halogens is 1. The summed E-state index contributed by atoms with van der Waals surface area (Å²) in [6.07, 6.45) is 4.67. The molecule has 6 heteroatoms. The van der Waals surface area contributed by atoms with Gasteiger partial charge in [-0.15, -0.1) is 0 Å². The van der Waals surface area contributed by atoms with Crippen LogP contribution in [0.2, 0.25) is 0 Å². The maximum atomic E-state index is 13.2. The summed E-state index contributed by atoms with van der Waals surface area (Å²) >= 11 is 0. The molecule has 1 aliphatic rings. The van der Waals surface area contributed by atoms with E-state index in [0.29, 0.717) is 24.2 Å². The van der Waals surface area contributed by atoms with E-state index in [1.165, 1.54) is 12.1 Å². The topological polar surface area (TPSA) is 62.3 Å². The highest BCUT2D eigenvalue weighted by atomic mass is 19.1. The van der Waals surface area contributed by atoms with Gasteiger partial charge in [-0.3, -0.25) is 14.6 Å². The largest absolute Gasteiger partial charge is 0.326 e. The maximum Gasteiger partial charge on any atom is 0.259 e. The SMILES string of the molecule is O=C(CCc1cccc(F)c1)Nc1ccc2c(c1)CCN2C(=O)c1cccnc1. The number of anilines is 2. The number of amides is 2. The van der Waals surface area contributed by atoms with E-state index in [-0.39, 0.29) is 24.1 Å². The van der Waals surface area contributed by atoms with Crippen molar-refractivity contribution in [2.45, 2.75) is 19.3 Å². The predicted octanol–water partition coefficient (Wildman–Crippen LogP) is 3.99. The Balaban J connectivity index is 1.40. The number of aryl methyl sites for hydroxylation is 1. The highest BCUT2D eigenvalue weighted by molar-refractivity contribution is 6.07. The molecule has 4 rings (SSSR count). The zero-order valence-electron chi connectivity index (χ0n) is 15.8. The van der Waals surface area contributed by atoms with Crippen molar-refractivity contribution in [3.63, 3.8) is 0 Å². The Morgan fingerprint density at radius 2 is 2.00 bits per heavy atom. The zero-order valence-corrected chi connectivity index (χ0v) is 15.8. The average Bonchev–Trinajstić information content (AvgIpc) is 3.16. The minimum Gasteiger partial charge on any atom is -0.326 e. The van der Waals surface area contributed by atoms with Crippen molar-refractivity contribution in [2.24, 2.45) is 0 Å². The van der Waals surface area contributed by atoms with Gasteiger partial charge in [0.15, 0.2) is 0 Å². The number of aromatic nitrogens is 1. The smallest absolute Gasteiger partial charge is 0.259 e. The lowest BCUT2D eigenvalue weighted by Gasteiger charge is -2.17. The number of rotatable bonds is 5. The van der Waals surface area contributed by atoms with Crippen LogP contribution in [0.1, 0.15) is 27.9 Å². The molecule has 3 aromatic rings. The van der Waals surface area contributed by atoms with Gasteiger partial charge in [0.25, 0.3) is 5.91 Å². The van der Waals surface area contributed by atoms with Crippen LogP contribution < -0.4 is 10.2 Å². The van der Waals surface area contributed by atoms with Crippen LogP contribution in [-0.4, -0.2) is 23.3 Å². The molecule has 146 valence electrons. The second-order valence-corrected chi connectivity index (χ2v) is 6.97. The first-order valence-corrected chi connectivity index (χ1v) is 9.49. The Bertz CT molecular complexity index is 1050. The lowest BCUT2D eigenvalue weighted by Crippen LogP contribution is -2.28. The number of carbonyl (C=O) groups excluding carboxylic acids is 2. The summed E-state index contributed by atoms with van der Waals surface area (Å²) in [6, 6.07) is 15.3. The maximum absolute atomic E-state index is 13.2. The lowest BCUT2D eigenvalue weighted by atomic mass is 10.1. The van der Waals surface area contributed by atoms with Crippen molar-refractivity contribution in [2.75, 3.05) is 16.8 Å². The molecule has 0 atom stereocenters. The van der Waals surface area contributed by atoms with Crippen LogP contribution >= 0.6 is 0 Å². The van der Waals surface area contributed by atoms with E-state index in [1.807, 2.05) is 12.1 Å². The molecule has 0 radical (unpaired) electrons. The number of nitrogens with zero attached hydrogens (tertiary/aromatic N) is 2. The number of hydrogen-bond donors (Lipinski definition) is 1. The molecule has 29 heavy (non-hydrogen) atoms. The number of nitrogens with one attached hydrogen (secondary N) is 1. The molecule has 2 aromatic carbocycles. The van der Waals surface area contributed by atoms with E-state index in [2.05, 4.69) is 10.3 Å². The summed E-state index contributed by atoms with van der Waals surface area (Å²) in [6.45, 7) is 0.597. The number of hydrogen-bond acceptors (Lipinski definition) is 3. The summed E-state index contributed by atoms with van der Waals surface area (Å²) < 4.78 is 13.2. The van der Waals surface area contributed by atoms with Crippen LogP contribution in [0, 0.1) is 5.82 Å². The first-order chi connectivity index (χ1) is 14.1. The summed E-state index contributed by atoms with van der Waals surface area (Å²) in [5.74, 6) is -0.508. The molecule has 0 spiro atoms. The van der Waals surface area contributed by atoms with Crippen molar-refractivity contribution in [1.29, 1.82) is 0 Å². The molecule has 2 heterocycles.